The highest BCUT2D eigenvalue weighted by Gasteiger charge is 2.33. The van der Waals surface area contributed by atoms with E-state index in [9.17, 15) is 9.59 Å². The van der Waals surface area contributed by atoms with Crippen molar-refractivity contribution in [3.8, 4) is 0 Å². The highest BCUT2D eigenvalue weighted by atomic mass is 16.1. The van der Waals surface area contributed by atoms with Crippen molar-refractivity contribution in [2.24, 2.45) is 10.8 Å². The third-order valence-electron chi connectivity index (χ3n) is 5.93. The summed E-state index contributed by atoms with van der Waals surface area (Å²) in [5.41, 5.74) is -0.439. The summed E-state index contributed by atoms with van der Waals surface area (Å²) in [6.07, 6.45) is 3.01. The topological polar surface area (TPSA) is 34.1 Å². The monoisotopic (exact) mass is 388 g/mol. The molecule has 27 heavy (non-hydrogen) atoms. The quantitative estimate of drug-likeness (QED) is 0.342. The normalized spacial score (nSPS) is 12.8. The Morgan fingerprint density at radius 3 is 1.15 bits per heavy atom. The van der Waals surface area contributed by atoms with E-state index in [1.165, 1.54) is 0 Å². The Balaban J connectivity index is -0.00000288. The van der Waals surface area contributed by atoms with Gasteiger partial charge >= 0.3 is 0 Å². The van der Waals surface area contributed by atoms with E-state index in [1.807, 2.05) is 27.7 Å². The fourth-order valence-electron chi connectivity index (χ4n) is 3.06. The molecule has 0 heterocycles. The van der Waals surface area contributed by atoms with E-state index < -0.39 is 0 Å². The van der Waals surface area contributed by atoms with Gasteiger partial charge in [0.25, 0.3) is 0 Å². The molecule has 0 saturated carbocycles. The van der Waals surface area contributed by atoms with Crippen molar-refractivity contribution in [2.75, 3.05) is 47.9 Å². The fraction of sp³-hybridized carbons (Fsp3) is 0.913. The number of hydrogen-bond donors (Lipinski definition) is 0. The smallest absolute Gasteiger partial charge is 0.206 e. The molecule has 0 aliphatic heterocycles. The van der Waals surface area contributed by atoms with Crippen molar-refractivity contribution in [1.82, 2.24) is 0 Å². The Morgan fingerprint density at radius 1 is 0.667 bits per heavy atom. The number of nitrogens with zero attached hydrogens (tertiary/aromatic N) is 2. The SMILES string of the molecule is C.C.CCC(C)(C)C(=O)CC[N+](C)(C)C[N+](C)(C)CCC(=O)C(C)(C)CC. The molecule has 0 radical (unpaired) electrons. The minimum absolute atomic E-state index is 0. The lowest BCUT2D eigenvalue weighted by Gasteiger charge is -2.39. The molecule has 0 aromatic heterocycles. The molecule has 0 aromatic rings. The van der Waals surface area contributed by atoms with Crippen molar-refractivity contribution in [3.63, 3.8) is 0 Å². The molecule has 0 aromatic carbocycles. The van der Waals surface area contributed by atoms with Gasteiger partial charge < -0.3 is 0 Å². The van der Waals surface area contributed by atoms with Crippen molar-refractivity contribution >= 4 is 11.6 Å². The van der Waals surface area contributed by atoms with Crippen molar-refractivity contribution in [2.45, 2.75) is 82.1 Å². The second-order valence-electron chi connectivity index (χ2n) is 10.3. The van der Waals surface area contributed by atoms with E-state index in [1.54, 1.807) is 0 Å². The number of hydrogen-bond acceptors (Lipinski definition) is 2. The largest absolute Gasteiger partial charge is 0.299 e. The van der Waals surface area contributed by atoms with Crippen LogP contribution in [0.3, 0.4) is 0 Å². The average Bonchev–Trinajstić information content (AvgIpc) is 2.49. The Labute approximate surface area is 171 Å². The molecule has 4 heteroatoms. The van der Waals surface area contributed by atoms with E-state index in [0.29, 0.717) is 24.4 Å². The molecule has 4 nitrogen and oxygen atoms in total. The first-order valence-electron chi connectivity index (χ1n) is 9.79. The Kier molecular flexibility index (Phi) is 13.0. The van der Waals surface area contributed by atoms with Crippen LogP contribution in [-0.4, -0.2) is 68.5 Å². The van der Waals surface area contributed by atoms with E-state index in [-0.39, 0.29) is 25.7 Å². The maximum atomic E-state index is 12.4. The van der Waals surface area contributed by atoms with E-state index >= 15 is 0 Å². The summed E-state index contributed by atoms with van der Waals surface area (Å²) in [6, 6.07) is 0. The maximum absolute atomic E-state index is 12.4. The van der Waals surface area contributed by atoms with Gasteiger partial charge in [-0.05, 0) is 12.8 Å². The van der Waals surface area contributed by atoms with Gasteiger partial charge in [-0.15, -0.1) is 0 Å². The van der Waals surface area contributed by atoms with Crippen LogP contribution in [0.2, 0.25) is 0 Å². The van der Waals surface area contributed by atoms with Crippen LogP contribution in [0.1, 0.15) is 82.1 Å². The summed E-state index contributed by atoms with van der Waals surface area (Å²) in [5.74, 6) is 0.706. The minimum atomic E-state index is -0.220. The zero-order chi connectivity index (χ0) is 20.1. The van der Waals surface area contributed by atoms with Gasteiger partial charge in [0, 0.05) is 10.8 Å². The van der Waals surface area contributed by atoms with Gasteiger partial charge in [-0.3, -0.25) is 18.6 Å². The zero-order valence-electron chi connectivity index (χ0n) is 18.7. The Morgan fingerprint density at radius 2 is 0.926 bits per heavy atom. The van der Waals surface area contributed by atoms with Crippen molar-refractivity contribution < 1.29 is 18.6 Å². The van der Waals surface area contributed by atoms with Crippen LogP contribution in [0.25, 0.3) is 0 Å². The predicted molar refractivity (Wildman–Crippen MR) is 120 cm³/mol. The minimum Gasteiger partial charge on any atom is -0.299 e. The summed E-state index contributed by atoms with van der Waals surface area (Å²) in [5, 5.41) is 0. The van der Waals surface area contributed by atoms with Crippen LogP contribution < -0.4 is 0 Å². The molecule has 0 amide bonds. The first kappa shape index (κ1) is 31.0. The lowest BCUT2D eigenvalue weighted by atomic mass is 9.83. The van der Waals surface area contributed by atoms with E-state index in [4.69, 9.17) is 0 Å². The molecule has 0 fully saturated rings. The molecular weight excluding hydrogens is 336 g/mol. The first-order valence-corrected chi connectivity index (χ1v) is 9.79. The second-order valence-corrected chi connectivity index (χ2v) is 10.3. The number of Topliss-reactive ketones (excluding diaryl/α,β-unsaturated/α-hetero) is 2. The zero-order valence-corrected chi connectivity index (χ0v) is 18.7. The number of carbonyl (C=O) groups is 2. The highest BCUT2D eigenvalue weighted by molar-refractivity contribution is 5.84. The molecule has 0 unspecified atom stereocenters. The fourth-order valence-corrected chi connectivity index (χ4v) is 3.06. The Hall–Kier alpha value is -0.740. The number of rotatable bonds is 12. The van der Waals surface area contributed by atoms with Gasteiger partial charge in [0.05, 0.1) is 54.1 Å². The van der Waals surface area contributed by atoms with Crippen LogP contribution in [0.5, 0.6) is 0 Å². The lowest BCUT2D eigenvalue weighted by Crippen LogP contribution is -2.57. The van der Waals surface area contributed by atoms with Crippen LogP contribution in [0, 0.1) is 10.8 Å². The van der Waals surface area contributed by atoms with E-state index in [0.717, 1.165) is 41.6 Å². The van der Waals surface area contributed by atoms with Gasteiger partial charge in [0.1, 0.15) is 11.6 Å². The highest BCUT2D eigenvalue weighted by Crippen LogP contribution is 2.24. The molecule has 0 rings (SSSR count). The van der Waals surface area contributed by atoms with Gasteiger partial charge in [-0.1, -0.05) is 56.4 Å². The van der Waals surface area contributed by atoms with Crippen molar-refractivity contribution in [3.05, 3.63) is 0 Å². The standard InChI is InChI=1S/C21H44N2O2.2CH4/c1-11-20(3,4)18(24)13-15-22(7,8)17-23(9,10)16-14-19(25)21(5,6)12-2;;/h11-17H2,1-10H3;2*1H4/q+2;;. The third kappa shape index (κ3) is 11.0. The average molecular weight is 389 g/mol. The number of quaternary nitrogens is 2. The maximum Gasteiger partial charge on any atom is 0.206 e. The third-order valence-corrected chi connectivity index (χ3v) is 5.93. The first-order chi connectivity index (χ1) is 11.1. The molecule has 0 saturated heterocycles. The second kappa shape index (κ2) is 11.3. The number of ketones is 2. The summed E-state index contributed by atoms with van der Waals surface area (Å²) >= 11 is 0. The van der Waals surface area contributed by atoms with Gasteiger partial charge in [-0.2, -0.15) is 0 Å². The van der Waals surface area contributed by atoms with Crippen LogP contribution in [-0.2, 0) is 9.59 Å². The molecular formula is C23H52N2O2+2. The van der Waals surface area contributed by atoms with Gasteiger partial charge in [0.15, 0.2) is 0 Å². The molecule has 0 aliphatic rings. The number of carbonyl (C=O) groups excluding carboxylic acids is 2. The van der Waals surface area contributed by atoms with Crippen LogP contribution >= 0.6 is 0 Å². The predicted octanol–water partition coefficient (Wildman–Crippen LogP) is 5.16. The van der Waals surface area contributed by atoms with Gasteiger partial charge in [0.2, 0.25) is 6.67 Å². The lowest BCUT2D eigenvalue weighted by molar-refractivity contribution is -1.07. The summed E-state index contributed by atoms with van der Waals surface area (Å²) in [4.78, 5) is 24.8. The van der Waals surface area contributed by atoms with Crippen LogP contribution in [0.4, 0.5) is 0 Å². The molecule has 0 atom stereocenters. The molecule has 164 valence electrons. The molecule has 0 bridgehead atoms. The summed E-state index contributed by atoms with van der Waals surface area (Å²) in [7, 11) is 8.74. The Bertz CT molecular complexity index is 421. The molecule has 0 spiro atoms. The van der Waals surface area contributed by atoms with Crippen molar-refractivity contribution in [1.29, 1.82) is 0 Å². The molecule has 0 aliphatic carbocycles. The van der Waals surface area contributed by atoms with Crippen LogP contribution in [0.15, 0.2) is 0 Å². The molecule has 0 N–H and O–H groups in total. The summed E-state index contributed by atoms with van der Waals surface area (Å²) in [6.45, 7) is 14.9. The summed E-state index contributed by atoms with van der Waals surface area (Å²) < 4.78 is 1.59. The van der Waals surface area contributed by atoms with E-state index in [2.05, 4.69) is 42.0 Å². The van der Waals surface area contributed by atoms with Gasteiger partial charge in [-0.25, -0.2) is 0 Å².